The number of ketones is 1. The molecule has 0 radical (unpaired) electrons. The van der Waals surface area contributed by atoms with Crippen molar-refractivity contribution in [2.45, 2.75) is 33.3 Å². The van der Waals surface area contributed by atoms with Gasteiger partial charge in [0.25, 0.3) is 0 Å². The van der Waals surface area contributed by atoms with Gasteiger partial charge in [-0.3, -0.25) is 10.1 Å². The average Bonchev–Trinajstić information content (AvgIpc) is 2.17. The number of amides is 1. The molecule has 1 N–H and O–H groups in total. The Morgan fingerprint density at radius 2 is 1.94 bits per heavy atom. The molecule has 0 aromatic carbocycles. The molecule has 1 amide bonds. The van der Waals surface area contributed by atoms with Crippen LogP contribution in [-0.2, 0) is 4.74 Å². The van der Waals surface area contributed by atoms with Crippen molar-refractivity contribution in [3.05, 3.63) is 23.6 Å². The third-order valence-corrected chi connectivity index (χ3v) is 1.81. The lowest BCUT2D eigenvalue weighted by molar-refractivity contribution is 0.0634. The van der Waals surface area contributed by atoms with Crippen LogP contribution >= 0.6 is 0 Å². The summed E-state index contributed by atoms with van der Waals surface area (Å²) in [5, 5.41) is 2.33. The third-order valence-electron chi connectivity index (χ3n) is 1.81. The molecule has 0 aliphatic carbocycles. The Morgan fingerprint density at radius 1 is 1.33 bits per heavy atom. The number of nitrogens with one attached hydrogen (secondary N) is 1. The van der Waals surface area contributed by atoms with E-state index in [0.717, 1.165) is 6.07 Å². The first-order valence-corrected chi connectivity index (χ1v) is 5.36. The molecule has 0 unspecified atom stereocenters. The Hall–Kier alpha value is -1.98. The molecular weight excluding hydrogens is 239 g/mol. The first kappa shape index (κ1) is 14.1. The molecule has 6 heteroatoms. The fraction of sp³-hybridized carbons (Fsp3) is 0.417. The predicted octanol–water partition coefficient (Wildman–Crippen LogP) is 2.77. The Balaban J connectivity index is 2.83. The van der Waals surface area contributed by atoms with Crippen LogP contribution in [0, 0.1) is 5.82 Å². The van der Waals surface area contributed by atoms with Crippen molar-refractivity contribution < 1.29 is 18.7 Å². The Bertz CT molecular complexity index is 481. The molecule has 1 heterocycles. The van der Waals surface area contributed by atoms with E-state index in [2.05, 4.69) is 10.3 Å². The molecule has 0 aliphatic heterocycles. The number of ether oxygens (including phenoxy) is 1. The van der Waals surface area contributed by atoms with Gasteiger partial charge in [-0.1, -0.05) is 0 Å². The second-order valence-electron chi connectivity index (χ2n) is 4.71. The summed E-state index contributed by atoms with van der Waals surface area (Å²) in [7, 11) is 0. The van der Waals surface area contributed by atoms with Gasteiger partial charge >= 0.3 is 6.09 Å². The molecule has 0 fully saturated rings. The number of hydrogen-bond donors (Lipinski definition) is 1. The summed E-state index contributed by atoms with van der Waals surface area (Å²) in [6.07, 6.45) is -0.712. The standard InChI is InChI=1S/C12H15FN2O3/c1-7(16)10-8(13)5-6-9(14-10)15-11(17)18-12(2,3)4/h5-6H,1-4H3,(H,14,15,17). The number of nitrogens with zero attached hydrogens (tertiary/aromatic N) is 1. The minimum absolute atomic E-state index is 0.0656. The van der Waals surface area contributed by atoms with Crippen molar-refractivity contribution in [3.8, 4) is 0 Å². The molecule has 1 rings (SSSR count). The first-order chi connectivity index (χ1) is 8.19. The van der Waals surface area contributed by atoms with Crippen LogP contribution in [0.15, 0.2) is 12.1 Å². The van der Waals surface area contributed by atoms with Gasteiger partial charge in [0.1, 0.15) is 17.1 Å². The maximum absolute atomic E-state index is 13.2. The zero-order valence-corrected chi connectivity index (χ0v) is 10.7. The lowest BCUT2D eigenvalue weighted by Gasteiger charge is -2.19. The minimum atomic E-state index is -0.725. The molecule has 0 bridgehead atoms. The molecule has 0 atom stereocenters. The lowest BCUT2D eigenvalue weighted by Crippen LogP contribution is -2.27. The molecule has 0 spiro atoms. The quantitative estimate of drug-likeness (QED) is 0.824. The molecule has 1 aromatic heterocycles. The van der Waals surface area contributed by atoms with Gasteiger partial charge in [-0.05, 0) is 32.9 Å². The van der Waals surface area contributed by atoms with Crippen LogP contribution < -0.4 is 5.32 Å². The topological polar surface area (TPSA) is 68.3 Å². The largest absolute Gasteiger partial charge is 0.444 e. The third kappa shape index (κ3) is 4.12. The van der Waals surface area contributed by atoms with Gasteiger partial charge in [-0.25, -0.2) is 14.2 Å². The van der Waals surface area contributed by atoms with Gasteiger partial charge in [0.05, 0.1) is 0 Å². The fourth-order valence-electron chi connectivity index (χ4n) is 1.17. The van der Waals surface area contributed by atoms with Crippen LogP contribution in [0.4, 0.5) is 15.0 Å². The van der Waals surface area contributed by atoms with Crippen molar-refractivity contribution in [1.82, 2.24) is 4.98 Å². The molecule has 18 heavy (non-hydrogen) atoms. The van der Waals surface area contributed by atoms with Crippen LogP contribution in [0.25, 0.3) is 0 Å². The molecular formula is C12H15FN2O3. The van der Waals surface area contributed by atoms with Crippen LogP contribution in [-0.4, -0.2) is 22.5 Å². The van der Waals surface area contributed by atoms with Gasteiger partial charge in [-0.2, -0.15) is 0 Å². The van der Waals surface area contributed by atoms with E-state index < -0.39 is 23.3 Å². The van der Waals surface area contributed by atoms with E-state index in [0.29, 0.717) is 0 Å². The number of aromatic nitrogens is 1. The summed E-state index contributed by atoms with van der Waals surface area (Å²) in [4.78, 5) is 26.2. The number of carbonyl (C=O) groups is 2. The Kier molecular flexibility index (Phi) is 4.00. The van der Waals surface area contributed by atoms with Crippen molar-refractivity contribution in [1.29, 1.82) is 0 Å². The van der Waals surface area contributed by atoms with Crippen LogP contribution in [0.3, 0.4) is 0 Å². The van der Waals surface area contributed by atoms with E-state index >= 15 is 0 Å². The Morgan fingerprint density at radius 3 is 2.44 bits per heavy atom. The SMILES string of the molecule is CC(=O)c1nc(NC(=O)OC(C)(C)C)ccc1F. The number of halogens is 1. The van der Waals surface area contributed by atoms with Crippen molar-refractivity contribution in [3.63, 3.8) is 0 Å². The summed E-state index contributed by atoms with van der Waals surface area (Å²) >= 11 is 0. The number of rotatable bonds is 2. The number of anilines is 1. The predicted molar refractivity (Wildman–Crippen MR) is 64.1 cm³/mol. The number of hydrogen-bond acceptors (Lipinski definition) is 4. The van der Waals surface area contributed by atoms with Crippen molar-refractivity contribution >= 4 is 17.7 Å². The number of pyridine rings is 1. The lowest BCUT2D eigenvalue weighted by atomic mass is 10.2. The molecule has 1 aromatic rings. The zero-order valence-electron chi connectivity index (χ0n) is 10.7. The van der Waals surface area contributed by atoms with Gasteiger partial charge in [0.2, 0.25) is 0 Å². The first-order valence-electron chi connectivity index (χ1n) is 5.36. The molecule has 5 nitrogen and oxygen atoms in total. The summed E-state index contributed by atoms with van der Waals surface area (Å²) in [5.74, 6) is -1.17. The van der Waals surface area contributed by atoms with Crippen LogP contribution in [0.2, 0.25) is 0 Å². The van der Waals surface area contributed by atoms with Crippen molar-refractivity contribution in [2.24, 2.45) is 0 Å². The van der Waals surface area contributed by atoms with E-state index in [1.807, 2.05) is 0 Å². The van der Waals surface area contributed by atoms with Gasteiger partial charge in [0, 0.05) is 6.92 Å². The highest BCUT2D eigenvalue weighted by atomic mass is 19.1. The Labute approximate surface area is 104 Å². The average molecular weight is 254 g/mol. The maximum Gasteiger partial charge on any atom is 0.413 e. The number of Topliss-reactive ketones (excluding diaryl/α,β-unsaturated/α-hetero) is 1. The van der Waals surface area contributed by atoms with E-state index in [1.165, 1.54) is 13.0 Å². The van der Waals surface area contributed by atoms with E-state index in [-0.39, 0.29) is 11.5 Å². The fourth-order valence-corrected chi connectivity index (χ4v) is 1.17. The highest BCUT2D eigenvalue weighted by Crippen LogP contribution is 2.13. The summed E-state index contributed by atoms with van der Waals surface area (Å²) in [6.45, 7) is 6.34. The van der Waals surface area contributed by atoms with E-state index in [1.54, 1.807) is 20.8 Å². The van der Waals surface area contributed by atoms with Crippen LogP contribution in [0.5, 0.6) is 0 Å². The smallest absolute Gasteiger partial charge is 0.413 e. The molecule has 0 aliphatic rings. The second kappa shape index (κ2) is 5.12. The minimum Gasteiger partial charge on any atom is -0.444 e. The van der Waals surface area contributed by atoms with Crippen LogP contribution in [0.1, 0.15) is 38.2 Å². The molecule has 0 saturated heterocycles. The zero-order chi connectivity index (χ0) is 13.9. The van der Waals surface area contributed by atoms with Gasteiger partial charge < -0.3 is 4.74 Å². The summed E-state index contributed by atoms with van der Waals surface area (Å²) in [5.41, 5.74) is -0.961. The van der Waals surface area contributed by atoms with Crippen molar-refractivity contribution in [2.75, 3.05) is 5.32 Å². The normalized spacial score (nSPS) is 10.9. The molecule has 0 saturated carbocycles. The maximum atomic E-state index is 13.2. The molecule has 98 valence electrons. The monoisotopic (exact) mass is 254 g/mol. The van der Waals surface area contributed by atoms with E-state index in [4.69, 9.17) is 4.74 Å². The highest BCUT2D eigenvalue weighted by Gasteiger charge is 2.17. The summed E-state index contributed by atoms with van der Waals surface area (Å²) < 4.78 is 18.2. The second-order valence-corrected chi connectivity index (χ2v) is 4.71. The van der Waals surface area contributed by atoms with Gasteiger partial charge in [-0.15, -0.1) is 0 Å². The van der Waals surface area contributed by atoms with E-state index in [9.17, 15) is 14.0 Å². The van der Waals surface area contributed by atoms with Gasteiger partial charge in [0.15, 0.2) is 11.6 Å². The summed E-state index contributed by atoms with van der Waals surface area (Å²) in [6, 6.07) is 2.32. The highest BCUT2D eigenvalue weighted by molar-refractivity contribution is 5.93. The number of carbonyl (C=O) groups excluding carboxylic acids is 2.